The summed E-state index contributed by atoms with van der Waals surface area (Å²) in [4.78, 5) is 19.2. The summed E-state index contributed by atoms with van der Waals surface area (Å²) in [6, 6.07) is 10.3. The molecule has 5 nitrogen and oxygen atoms in total. The molecule has 1 aromatic carbocycles. The summed E-state index contributed by atoms with van der Waals surface area (Å²) >= 11 is 0. The molecule has 4 rings (SSSR count). The number of aromatic nitrogens is 1. The number of carbonyl (C=O) groups is 1. The van der Waals surface area contributed by atoms with Gasteiger partial charge in [0.05, 0.1) is 11.5 Å². The minimum atomic E-state index is -2.93. The summed E-state index contributed by atoms with van der Waals surface area (Å²) in [7, 11) is -2.93. The van der Waals surface area contributed by atoms with Crippen molar-refractivity contribution in [2.45, 2.75) is 31.6 Å². The highest BCUT2D eigenvalue weighted by atomic mass is 32.2. The third-order valence-electron chi connectivity index (χ3n) is 5.63. The van der Waals surface area contributed by atoms with Gasteiger partial charge in [-0.2, -0.15) is 0 Å². The number of likely N-dealkylation sites (tertiary alicyclic amines) is 1. The molecule has 2 saturated heterocycles. The second-order valence-electron chi connectivity index (χ2n) is 7.61. The van der Waals surface area contributed by atoms with Gasteiger partial charge in [-0.1, -0.05) is 24.3 Å². The average Bonchev–Trinajstić information content (AvgIpc) is 2.99. The monoisotopic (exact) mass is 372 g/mol. The van der Waals surface area contributed by atoms with Crippen LogP contribution in [0.1, 0.15) is 37.3 Å². The molecule has 138 valence electrons. The molecule has 2 aromatic rings. The van der Waals surface area contributed by atoms with Crippen LogP contribution in [0.4, 0.5) is 0 Å². The lowest BCUT2D eigenvalue weighted by molar-refractivity contribution is -0.133. The van der Waals surface area contributed by atoms with Crippen molar-refractivity contribution in [1.29, 1.82) is 0 Å². The second-order valence-corrected chi connectivity index (χ2v) is 9.84. The highest BCUT2D eigenvalue weighted by Crippen LogP contribution is 2.29. The van der Waals surface area contributed by atoms with Crippen molar-refractivity contribution in [2.24, 2.45) is 5.92 Å². The number of piperidine rings is 1. The Morgan fingerprint density at radius 1 is 1.19 bits per heavy atom. The Balaban J connectivity index is 1.44. The predicted molar refractivity (Wildman–Crippen MR) is 102 cm³/mol. The van der Waals surface area contributed by atoms with Crippen LogP contribution in [0.15, 0.2) is 36.5 Å². The smallest absolute Gasteiger partial charge is 0.222 e. The fourth-order valence-corrected chi connectivity index (χ4v) is 6.04. The quantitative estimate of drug-likeness (QED) is 0.831. The van der Waals surface area contributed by atoms with Gasteiger partial charge in [-0.3, -0.25) is 9.78 Å². The van der Waals surface area contributed by atoms with Gasteiger partial charge in [-0.15, -0.1) is 0 Å². The number of pyridine rings is 1. The first-order chi connectivity index (χ1) is 12.5. The van der Waals surface area contributed by atoms with E-state index in [0.717, 1.165) is 30.5 Å². The van der Waals surface area contributed by atoms with E-state index in [4.69, 9.17) is 0 Å². The fourth-order valence-electron chi connectivity index (χ4n) is 4.18. The maximum atomic E-state index is 12.7. The molecule has 2 atom stereocenters. The van der Waals surface area contributed by atoms with Gasteiger partial charge in [0.1, 0.15) is 0 Å². The number of sulfone groups is 1. The lowest BCUT2D eigenvalue weighted by Gasteiger charge is -2.33. The predicted octanol–water partition coefficient (Wildman–Crippen LogP) is 2.77. The largest absolute Gasteiger partial charge is 0.342 e. The van der Waals surface area contributed by atoms with Crippen molar-refractivity contribution >= 4 is 26.5 Å². The Bertz CT molecular complexity index is 926. The summed E-state index contributed by atoms with van der Waals surface area (Å²) in [6.45, 7) is 1.45. The van der Waals surface area contributed by atoms with Crippen LogP contribution in [0.25, 0.3) is 10.8 Å². The summed E-state index contributed by atoms with van der Waals surface area (Å²) < 4.78 is 23.2. The number of nitrogens with zero attached hydrogens (tertiary/aromatic N) is 2. The minimum absolute atomic E-state index is 0.00771. The van der Waals surface area contributed by atoms with Gasteiger partial charge in [-0.05, 0) is 36.6 Å². The second kappa shape index (κ2) is 6.99. The van der Waals surface area contributed by atoms with Crippen molar-refractivity contribution in [1.82, 2.24) is 9.88 Å². The van der Waals surface area contributed by atoms with Crippen LogP contribution in [0.5, 0.6) is 0 Å². The van der Waals surface area contributed by atoms with Crippen molar-refractivity contribution in [3.05, 3.63) is 42.2 Å². The van der Waals surface area contributed by atoms with Crippen molar-refractivity contribution in [3.8, 4) is 0 Å². The summed E-state index contributed by atoms with van der Waals surface area (Å²) in [5.41, 5.74) is 1.05. The number of rotatable bonds is 3. The Kier molecular flexibility index (Phi) is 4.69. The average molecular weight is 372 g/mol. The van der Waals surface area contributed by atoms with E-state index in [1.54, 1.807) is 0 Å². The summed E-state index contributed by atoms with van der Waals surface area (Å²) in [6.07, 6.45) is 4.89. The van der Waals surface area contributed by atoms with E-state index in [2.05, 4.69) is 23.2 Å². The zero-order valence-corrected chi connectivity index (χ0v) is 15.6. The number of benzene rings is 1. The van der Waals surface area contributed by atoms with Crippen LogP contribution in [0, 0.1) is 5.92 Å². The molecule has 1 amide bonds. The minimum Gasteiger partial charge on any atom is -0.342 e. The highest BCUT2D eigenvalue weighted by molar-refractivity contribution is 7.91. The molecule has 0 bridgehead atoms. The summed E-state index contributed by atoms with van der Waals surface area (Å²) in [5, 5.41) is 2.31. The maximum absolute atomic E-state index is 12.7. The first kappa shape index (κ1) is 17.5. The SMILES string of the molecule is O=C(C[C@H]1CCS(=O)(=O)C1)N1CCC[C@@H](c2cc3ccccc3cn2)C1. The molecule has 3 heterocycles. The van der Waals surface area contributed by atoms with E-state index in [1.165, 1.54) is 5.39 Å². The molecule has 0 unspecified atom stereocenters. The Morgan fingerprint density at radius 2 is 2.00 bits per heavy atom. The maximum Gasteiger partial charge on any atom is 0.222 e. The van der Waals surface area contributed by atoms with E-state index >= 15 is 0 Å². The van der Waals surface area contributed by atoms with Gasteiger partial charge in [-0.25, -0.2) is 8.42 Å². The lowest BCUT2D eigenvalue weighted by atomic mass is 9.92. The molecule has 2 fully saturated rings. The van der Waals surface area contributed by atoms with E-state index in [1.807, 2.05) is 23.2 Å². The molecule has 0 saturated carbocycles. The fraction of sp³-hybridized carbons (Fsp3) is 0.500. The van der Waals surface area contributed by atoms with E-state index < -0.39 is 9.84 Å². The molecule has 0 N–H and O–H groups in total. The molecule has 0 aliphatic carbocycles. The summed E-state index contributed by atoms with van der Waals surface area (Å²) in [5.74, 6) is 0.741. The number of hydrogen-bond acceptors (Lipinski definition) is 4. The Morgan fingerprint density at radius 3 is 2.77 bits per heavy atom. The van der Waals surface area contributed by atoms with E-state index in [9.17, 15) is 13.2 Å². The van der Waals surface area contributed by atoms with Crippen LogP contribution in [-0.4, -0.2) is 48.8 Å². The van der Waals surface area contributed by atoms with Gasteiger partial charge in [0.15, 0.2) is 9.84 Å². The molecule has 0 spiro atoms. The first-order valence-electron chi connectivity index (χ1n) is 9.33. The standard InChI is InChI=1S/C20H24N2O3S/c23-20(10-15-7-9-26(24,25)14-15)22-8-3-6-18(13-22)19-11-16-4-1-2-5-17(16)12-21-19/h1-2,4-5,11-12,15,18H,3,6-10,13-14H2/t15-,18-/m1/s1. The molecular formula is C20H24N2O3S. The third kappa shape index (κ3) is 3.75. The van der Waals surface area contributed by atoms with Crippen molar-refractivity contribution in [2.75, 3.05) is 24.6 Å². The van der Waals surface area contributed by atoms with E-state index in [-0.39, 0.29) is 29.2 Å². The van der Waals surface area contributed by atoms with Gasteiger partial charge in [0.2, 0.25) is 5.91 Å². The first-order valence-corrected chi connectivity index (χ1v) is 11.2. The topological polar surface area (TPSA) is 67.3 Å². The molecular weight excluding hydrogens is 348 g/mol. The van der Waals surface area contributed by atoms with Crippen LogP contribution in [-0.2, 0) is 14.6 Å². The Labute approximate surface area is 154 Å². The highest BCUT2D eigenvalue weighted by Gasteiger charge is 2.32. The molecule has 26 heavy (non-hydrogen) atoms. The molecule has 1 aromatic heterocycles. The Hall–Kier alpha value is -1.95. The van der Waals surface area contributed by atoms with Crippen LogP contribution in [0.2, 0.25) is 0 Å². The molecule has 2 aliphatic rings. The number of hydrogen-bond donors (Lipinski definition) is 0. The van der Waals surface area contributed by atoms with Crippen LogP contribution in [0.3, 0.4) is 0 Å². The zero-order chi connectivity index (χ0) is 18.1. The molecule has 0 radical (unpaired) electrons. The van der Waals surface area contributed by atoms with Gasteiger partial charge < -0.3 is 4.90 Å². The van der Waals surface area contributed by atoms with Crippen LogP contribution >= 0.6 is 0 Å². The van der Waals surface area contributed by atoms with Crippen LogP contribution < -0.4 is 0 Å². The third-order valence-corrected chi connectivity index (χ3v) is 7.47. The van der Waals surface area contributed by atoms with E-state index in [0.29, 0.717) is 19.4 Å². The number of carbonyl (C=O) groups excluding carboxylic acids is 1. The zero-order valence-electron chi connectivity index (χ0n) is 14.8. The molecule has 2 aliphatic heterocycles. The van der Waals surface area contributed by atoms with Crippen molar-refractivity contribution in [3.63, 3.8) is 0 Å². The number of fused-ring (bicyclic) bond motifs is 1. The van der Waals surface area contributed by atoms with Gasteiger partial charge in [0, 0.05) is 42.7 Å². The van der Waals surface area contributed by atoms with Gasteiger partial charge >= 0.3 is 0 Å². The lowest BCUT2D eigenvalue weighted by Crippen LogP contribution is -2.40. The molecule has 6 heteroatoms. The van der Waals surface area contributed by atoms with Gasteiger partial charge in [0.25, 0.3) is 0 Å². The normalized spacial score (nSPS) is 25.5. The van der Waals surface area contributed by atoms with Crippen molar-refractivity contribution < 1.29 is 13.2 Å². The number of amides is 1.